The van der Waals surface area contributed by atoms with E-state index in [1.807, 2.05) is 50.2 Å². The van der Waals surface area contributed by atoms with E-state index in [1.54, 1.807) is 13.0 Å². The molecule has 0 aromatic heterocycles. The number of benzene rings is 2. The number of hydrogen-bond acceptors (Lipinski definition) is 6. The lowest BCUT2D eigenvalue weighted by molar-refractivity contribution is -0.132. The maximum Gasteiger partial charge on any atom is 0.360 e. The number of carbonyl (C=O) groups excluding carboxylic acids is 1. The van der Waals surface area contributed by atoms with Crippen molar-refractivity contribution < 1.29 is 23.6 Å². The number of oxime groups is 2. The Bertz CT molecular complexity index is 1030. The summed E-state index contributed by atoms with van der Waals surface area (Å²) >= 11 is 0. The Morgan fingerprint density at radius 2 is 1.81 bits per heavy atom. The lowest BCUT2D eigenvalue weighted by Crippen LogP contribution is -2.20. The molecule has 2 atom stereocenters. The third kappa shape index (κ3) is 4.93. The van der Waals surface area contributed by atoms with Crippen LogP contribution in [0.15, 0.2) is 52.8 Å². The number of rotatable bonds is 8. The molecular formula is C24H27FN2O4. The number of hydrogen-bond donors (Lipinski definition) is 0. The zero-order valence-electron chi connectivity index (χ0n) is 18.4. The Morgan fingerprint density at radius 3 is 2.45 bits per heavy atom. The molecule has 3 rings (SSSR count). The summed E-state index contributed by atoms with van der Waals surface area (Å²) in [6.45, 7) is 5.48. The third-order valence-electron chi connectivity index (χ3n) is 5.53. The highest BCUT2D eigenvalue weighted by Gasteiger charge is 2.52. The maximum atomic E-state index is 14.3. The summed E-state index contributed by atoms with van der Waals surface area (Å²) in [5, 5.41) is 8.09. The highest BCUT2D eigenvalue weighted by Crippen LogP contribution is 2.55. The first kappa shape index (κ1) is 22.5. The van der Waals surface area contributed by atoms with Gasteiger partial charge in [-0.1, -0.05) is 52.8 Å². The average Bonchev–Trinajstić information content (AvgIpc) is 3.40. The number of nitrogens with zero attached hydrogens (tertiary/aromatic N) is 2. The van der Waals surface area contributed by atoms with Crippen molar-refractivity contribution in [2.24, 2.45) is 10.3 Å². The quantitative estimate of drug-likeness (QED) is 0.349. The summed E-state index contributed by atoms with van der Waals surface area (Å²) in [7, 11) is 2.65. The normalized spacial score (nSPS) is 20.9. The molecule has 0 amide bonds. The maximum absolute atomic E-state index is 14.3. The van der Waals surface area contributed by atoms with E-state index in [1.165, 1.54) is 14.2 Å². The molecule has 0 radical (unpaired) electrons. The van der Waals surface area contributed by atoms with Crippen LogP contribution in [-0.2, 0) is 25.8 Å². The van der Waals surface area contributed by atoms with E-state index in [9.17, 15) is 9.18 Å². The van der Waals surface area contributed by atoms with Gasteiger partial charge in [-0.25, -0.2) is 9.18 Å². The highest BCUT2D eigenvalue weighted by molar-refractivity contribution is 6.43. The monoisotopic (exact) mass is 426 g/mol. The highest BCUT2D eigenvalue weighted by atomic mass is 19.1. The molecule has 0 aliphatic heterocycles. The SMILES string of the molecule is CO/N=C(/C(=O)OC)c1cccc(C)c1CO/N=C(\C)c1ccccc1C1CC1(C)F. The van der Waals surface area contributed by atoms with Gasteiger partial charge in [0, 0.05) is 22.6 Å². The van der Waals surface area contributed by atoms with Gasteiger partial charge in [0.2, 0.25) is 0 Å². The van der Waals surface area contributed by atoms with Crippen molar-refractivity contribution in [1.29, 1.82) is 0 Å². The van der Waals surface area contributed by atoms with E-state index in [4.69, 9.17) is 14.4 Å². The molecule has 2 aromatic carbocycles. The van der Waals surface area contributed by atoms with Crippen LogP contribution >= 0.6 is 0 Å². The fourth-order valence-corrected chi connectivity index (χ4v) is 3.65. The number of carbonyl (C=O) groups is 1. The van der Waals surface area contributed by atoms with Crippen LogP contribution in [0.25, 0.3) is 0 Å². The first-order valence-electron chi connectivity index (χ1n) is 10.0. The predicted molar refractivity (Wildman–Crippen MR) is 117 cm³/mol. The molecular weight excluding hydrogens is 399 g/mol. The Labute approximate surface area is 181 Å². The Hall–Kier alpha value is -3.22. The first-order chi connectivity index (χ1) is 14.8. The van der Waals surface area contributed by atoms with Gasteiger partial charge in [-0.05, 0) is 38.3 Å². The molecule has 6 nitrogen and oxygen atoms in total. The summed E-state index contributed by atoms with van der Waals surface area (Å²) in [4.78, 5) is 22.6. The average molecular weight is 426 g/mol. The van der Waals surface area contributed by atoms with Gasteiger partial charge in [0.15, 0.2) is 5.71 Å². The summed E-state index contributed by atoms with van der Waals surface area (Å²) < 4.78 is 19.1. The van der Waals surface area contributed by atoms with Gasteiger partial charge in [-0.3, -0.25) is 0 Å². The van der Waals surface area contributed by atoms with Gasteiger partial charge < -0.3 is 14.4 Å². The van der Waals surface area contributed by atoms with Crippen LogP contribution in [0, 0.1) is 6.92 Å². The molecule has 0 N–H and O–H groups in total. The first-order valence-corrected chi connectivity index (χ1v) is 10.0. The zero-order chi connectivity index (χ0) is 22.6. The Kier molecular flexibility index (Phi) is 6.73. The molecule has 31 heavy (non-hydrogen) atoms. The minimum Gasteiger partial charge on any atom is -0.464 e. The topological polar surface area (TPSA) is 69.5 Å². The molecule has 1 aliphatic carbocycles. The van der Waals surface area contributed by atoms with E-state index in [-0.39, 0.29) is 18.2 Å². The smallest absolute Gasteiger partial charge is 0.360 e. The van der Waals surface area contributed by atoms with Crippen LogP contribution in [0.4, 0.5) is 4.39 Å². The van der Waals surface area contributed by atoms with Crippen molar-refractivity contribution in [2.45, 2.75) is 45.4 Å². The molecule has 1 fully saturated rings. The second-order valence-electron chi connectivity index (χ2n) is 7.79. The number of aryl methyl sites for hydroxylation is 1. The lowest BCUT2D eigenvalue weighted by Gasteiger charge is -2.13. The van der Waals surface area contributed by atoms with Gasteiger partial charge in [-0.15, -0.1) is 0 Å². The number of ether oxygens (including phenoxy) is 1. The Balaban J connectivity index is 1.84. The second-order valence-corrected chi connectivity index (χ2v) is 7.79. The molecule has 0 heterocycles. The number of methoxy groups -OCH3 is 1. The molecule has 2 aromatic rings. The van der Waals surface area contributed by atoms with Crippen LogP contribution < -0.4 is 0 Å². The summed E-state index contributed by atoms with van der Waals surface area (Å²) in [5.41, 5.74) is 3.55. The molecule has 164 valence electrons. The van der Waals surface area contributed by atoms with E-state index >= 15 is 0 Å². The molecule has 0 spiro atoms. The molecule has 7 heteroatoms. The number of halogens is 1. The molecule has 1 saturated carbocycles. The van der Waals surface area contributed by atoms with Gasteiger partial charge in [0.05, 0.1) is 12.8 Å². The van der Waals surface area contributed by atoms with E-state index < -0.39 is 11.6 Å². The summed E-state index contributed by atoms with van der Waals surface area (Å²) in [5.74, 6) is -0.731. The van der Waals surface area contributed by atoms with Crippen LogP contribution in [0.3, 0.4) is 0 Å². The van der Waals surface area contributed by atoms with Crippen LogP contribution in [0.1, 0.15) is 54.0 Å². The van der Waals surface area contributed by atoms with Gasteiger partial charge >= 0.3 is 5.97 Å². The zero-order valence-corrected chi connectivity index (χ0v) is 18.4. The molecule has 0 saturated heterocycles. The molecule has 2 unspecified atom stereocenters. The van der Waals surface area contributed by atoms with Crippen LogP contribution in [0.2, 0.25) is 0 Å². The van der Waals surface area contributed by atoms with Gasteiger partial charge in [0.25, 0.3) is 0 Å². The minimum atomic E-state index is -1.17. The Morgan fingerprint density at radius 1 is 1.13 bits per heavy atom. The van der Waals surface area contributed by atoms with Crippen molar-refractivity contribution in [2.75, 3.05) is 14.2 Å². The van der Waals surface area contributed by atoms with Crippen molar-refractivity contribution in [3.05, 3.63) is 70.3 Å². The van der Waals surface area contributed by atoms with E-state index in [2.05, 4.69) is 10.3 Å². The van der Waals surface area contributed by atoms with Crippen molar-refractivity contribution in [1.82, 2.24) is 0 Å². The third-order valence-corrected chi connectivity index (χ3v) is 5.53. The lowest BCUT2D eigenvalue weighted by atomic mass is 9.98. The van der Waals surface area contributed by atoms with Crippen molar-refractivity contribution in [3.63, 3.8) is 0 Å². The summed E-state index contributed by atoms with van der Waals surface area (Å²) in [6.07, 6.45) is 0.514. The standard InChI is InChI=1S/C24H27FN2O4/c1-15-9-8-12-19(22(27-30-5)23(28)29-4)20(15)14-31-26-16(2)17-10-6-7-11-18(17)21-13-24(21,3)25/h6-12,21H,13-14H2,1-5H3/b26-16+,27-22+. The number of alkyl halides is 1. The van der Waals surface area contributed by atoms with Crippen LogP contribution in [0.5, 0.6) is 0 Å². The van der Waals surface area contributed by atoms with E-state index in [0.717, 1.165) is 22.3 Å². The van der Waals surface area contributed by atoms with Crippen molar-refractivity contribution in [3.8, 4) is 0 Å². The van der Waals surface area contributed by atoms with Crippen molar-refractivity contribution >= 4 is 17.4 Å². The molecule has 0 bridgehead atoms. The van der Waals surface area contributed by atoms with Gasteiger partial charge in [0.1, 0.15) is 19.4 Å². The fourth-order valence-electron chi connectivity index (χ4n) is 3.65. The van der Waals surface area contributed by atoms with E-state index in [0.29, 0.717) is 17.7 Å². The minimum absolute atomic E-state index is 0.0503. The predicted octanol–water partition coefficient (Wildman–Crippen LogP) is 4.67. The largest absolute Gasteiger partial charge is 0.464 e. The van der Waals surface area contributed by atoms with Gasteiger partial charge in [-0.2, -0.15) is 0 Å². The number of esters is 1. The fraction of sp³-hybridized carbons (Fsp3) is 0.375. The van der Waals surface area contributed by atoms with Crippen LogP contribution in [-0.4, -0.2) is 37.3 Å². The summed E-state index contributed by atoms with van der Waals surface area (Å²) in [6, 6.07) is 13.1. The second kappa shape index (κ2) is 9.29. The molecule has 1 aliphatic rings.